The van der Waals surface area contributed by atoms with Crippen LogP contribution in [0, 0.1) is 0 Å². The molecule has 1 amide bonds. The zero-order valence-corrected chi connectivity index (χ0v) is 18.8. The van der Waals surface area contributed by atoms with Crippen LogP contribution in [0.5, 0.6) is 5.75 Å². The second-order valence-electron chi connectivity index (χ2n) is 7.07. The fraction of sp³-hybridized carbons (Fsp3) is 0.409. The zero-order chi connectivity index (χ0) is 21.4. The van der Waals surface area contributed by atoms with E-state index >= 15 is 0 Å². The first-order valence-electron chi connectivity index (χ1n) is 10.2. The fourth-order valence-corrected chi connectivity index (χ4v) is 5.67. The first kappa shape index (κ1) is 22.7. The molecular formula is C22H28N2O4S2. The van der Waals surface area contributed by atoms with Gasteiger partial charge in [0.2, 0.25) is 15.9 Å². The van der Waals surface area contributed by atoms with Gasteiger partial charge in [-0.1, -0.05) is 24.6 Å². The average molecular weight is 449 g/mol. The quantitative estimate of drug-likeness (QED) is 0.624. The largest absolute Gasteiger partial charge is 0.494 e. The summed E-state index contributed by atoms with van der Waals surface area (Å²) < 4.78 is 32.5. The maximum atomic E-state index is 12.7. The zero-order valence-electron chi connectivity index (χ0n) is 17.2. The van der Waals surface area contributed by atoms with Crippen LogP contribution < -0.4 is 10.1 Å². The van der Waals surface area contributed by atoms with E-state index in [-0.39, 0.29) is 10.8 Å². The number of amides is 1. The van der Waals surface area contributed by atoms with Crippen molar-refractivity contribution in [2.24, 2.45) is 0 Å². The van der Waals surface area contributed by atoms with E-state index in [2.05, 4.69) is 5.32 Å². The Hall–Kier alpha value is -2.03. The third kappa shape index (κ3) is 6.00. The lowest BCUT2D eigenvalue weighted by atomic mass is 10.2. The molecule has 6 nitrogen and oxygen atoms in total. The Morgan fingerprint density at radius 1 is 1.07 bits per heavy atom. The Labute approximate surface area is 183 Å². The van der Waals surface area contributed by atoms with Crippen molar-refractivity contribution in [3.8, 4) is 5.75 Å². The molecule has 2 aromatic carbocycles. The van der Waals surface area contributed by atoms with Crippen LogP contribution in [0.4, 0.5) is 5.69 Å². The third-order valence-corrected chi connectivity index (χ3v) is 7.75. The number of carbonyl (C=O) groups is 1. The number of nitrogens with zero attached hydrogens (tertiary/aromatic N) is 1. The summed E-state index contributed by atoms with van der Waals surface area (Å²) in [6.07, 6.45) is 2.88. The Balaban J connectivity index is 1.51. The molecule has 0 spiro atoms. The van der Waals surface area contributed by atoms with Crippen LogP contribution in [-0.4, -0.2) is 44.1 Å². The molecule has 2 aromatic rings. The Morgan fingerprint density at radius 3 is 2.47 bits per heavy atom. The molecule has 1 N–H and O–H groups in total. The van der Waals surface area contributed by atoms with E-state index < -0.39 is 10.0 Å². The fourth-order valence-electron chi connectivity index (χ4n) is 3.33. The number of sulfonamides is 1. The summed E-state index contributed by atoms with van der Waals surface area (Å²) in [5.74, 6) is 1.70. The van der Waals surface area contributed by atoms with Gasteiger partial charge in [-0.25, -0.2) is 8.42 Å². The molecule has 1 aliphatic rings. The van der Waals surface area contributed by atoms with Crippen molar-refractivity contribution >= 4 is 33.4 Å². The van der Waals surface area contributed by atoms with Gasteiger partial charge in [0.25, 0.3) is 0 Å². The van der Waals surface area contributed by atoms with Gasteiger partial charge in [0.05, 0.1) is 17.3 Å². The molecule has 0 unspecified atom stereocenters. The highest BCUT2D eigenvalue weighted by Gasteiger charge is 2.25. The van der Waals surface area contributed by atoms with Gasteiger partial charge in [0.1, 0.15) is 5.75 Å². The van der Waals surface area contributed by atoms with E-state index in [1.165, 1.54) is 11.8 Å². The van der Waals surface area contributed by atoms with Crippen LogP contribution in [0.15, 0.2) is 53.4 Å². The molecule has 0 aromatic heterocycles. The molecule has 0 aliphatic carbocycles. The van der Waals surface area contributed by atoms with E-state index in [4.69, 9.17) is 4.74 Å². The van der Waals surface area contributed by atoms with Gasteiger partial charge in [-0.3, -0.25) is 4.79 Å². The highest BCUT2D eigenvalue weighted by molar-refractivity contribution is 7.99. The normalized spacial score (nSPS) is 15.0. The van der Waals surface area contributed by atoms with E-state index in [9.17, 15) is 13.2 Å². The molecule has 3 rings (SSSR count). The topological polar surface area (TPSA) is 75.7 Å². The summed E-state index contributed by atoms with van der Waals surface area (Å²) in [5, 5.41) is 2.83. The highest BCUT2D eigenvalue weighted by atomic mass is 32.2. The number of anilines is 1. The minimum atomic E-state index is -3.46. The predicted octanol–water partition coefficient (Wildman–Crippen LogP) is 4.13. The summed E-state index contributed by atoms with van der Waals surface area (Å²) in [6, 6.07) is 14.2. The number of hydrogen-bond donors (Lipinski definition) is 1. The van der Waals surface area contributed by atoms with Crippen LogP contribution in [0.1, 0.15) is 31.7 Å². The van der Waals surface area contributed by atoms with Gasteiger partial charge in [0, 0.05) is 30.1 Å². The number of carbonyl (C=O) groups excluding carboxylic acids is 1. The summed E-state index contributed by atoms with van der Waals surface area (Å²) in [6.45, 7) is 3.70. The number of rotatable bonds is 9. The van der Waals surface area contributed by atoms with Gasteiger partial charge in [-0.2, -0.15) is 4.31 Å². The van der Waals surface area contributed by atoms with Gasteiger partial charge < -0.3 is 10.1 Å². The molecule has 0 saturated carbocycles. The minimum Gasteiger partial charge on any atom is -0.494 e. The molecule has 0 bridgehead atoms. The number of benzene rings is 2. The molecule has 162 valence electrons. The lowest BCUT2D eigenvalue weighted by Crippen LogP contribution is -2.35. The minimum absolute atomic E-state index is 0.125. The number of piperidine rings is 1. The number of para-hydroxylation sites is 1. The van der Waals surface area contributed by atoms with Crippen molar-refractivity contribution in [2.45, 2.75) is 36.8 Å². The number of hydrogen-bond acceptors (Lipinski definition) is 5. The molecule has 1 fully saturated rings. The molecule has 30 heavy (non-hydrogen) atoms. The van der Waals surface area contributed by atoms with Crippen molar-refractivity contribution in [1.82, 2.24) is 4.31 Å². The first-order valence-corrected chi connectivity index (χ1v) is 12.8. The van der Waals surface area contributed by atoms with Crippen LogP contribution in [0.25, 0.3) is 0 Å². The number of thioether (sulfide) groups is 1. The Kier molecular flexibility index (Phi) is 8.18. The van der Waals surface area contributed by atoms with Crippen LogP contribution >= 0.6 is 11.8 Å². The Bertz CT molecular complexity index is 940. The molecule has 1 heterocycles. The summed E-state index contributed by atoms with van der Waals surface area (Å²) in [7, 11) is -3.46. The van der Waals surface area contributed by atoms with Crippen molar-refractivity contribution in [1.29, 1.82) is 0 Å². The monoisotopic (exact) mass is 448 g/mol. The van der Waals surface area contributed by atoms with Crippen molar-refractivity contribution in [3.05, 3.63) is 54.1 Å². The van der Waals surface area contributed by atoms with E-state index in [1.807, 2.05) is 31.2 Å². The van der Waals surface area contributed by atoms with E-state index in [0.29, 0.717) is 36.9 Å². The summed E-state index contributed by atoms with van der Waals surface area (Å²) in [4.78, 5) is 12.5. The molecule has 8 heteroatoms. The average Bonchev–Trinajstić information content (AvgIpc) is 2.76. The number of ether oxygens (including phenoxy) is 1. The van der Waals surface area contributed by atoms with Crippen LogP contribution in [0.3, 0.4) is 0 Å². The van der Waals surface area contributed by atoms with Gasteiger partial charge >= 0.3 is 0 Å². The Morgan fingerprint density at radius 2 is 1.77 bits per heavy atom. The molecule has 1 saturated heterocycles. The van der Waals surface area contributed by atoms with Crippen LogP contribution in [0.2, 0.25) is 0 Å². The second kappa shape index (κ2) is 10.8. The number of nitrogens with one attached hydrogen (secondary N) is 1. The lowest BCUT2D eigenvalue weighted by molar-refractivity contribution is -0.113. The third-order valence-electron chi connectivity index (χ3n) is 4.85. The molecule has 0 atom stereocenters. The predicted molar refractivity (Wildman–Crippen MR) is 121 cm³/mol. The molecule has 0 radical (unpaired) electrons. The van der Waals surface area contributed by atoms with E-state index in [1.54, 1.807) is 28.6 Å². The van der Waals surface area contributed by atoms with Gasteiger partial charge in [-0.15, -0.1) is 11.8 Å². The maximum Gasteiger partial charge on any atom is 0.243 e. The van der Waals surface area contributed by atoms with E-state index in [0.717, 1.165) is 30.6 Å². The van der Waals surface area contributed by atoms with Gasteiger partial charge in [-0.05, 0) is 50.1 Å². The first-order chi connectivity index (χ1) is 14.5. The van der Waals surface area contributed by atoms with Gasteiger partial charge in [0.15, 0.2) is 0 Å². The lowest BCUT2D eigenvalue weighted by Gasteiger charge is -2.25. The van der Waals surface area contributed by atoms with Crippen molar-refractivity contribution in [3.63, 3.8) is 0 Å². The second-order valence-corrected chi connectivity index (χ2v) is 9.99. The SMILES string of the molecule is CCOc1ccccc1CSCC(=O)Nc1ccc(S(=O)(=O)N2CCCCC2)cc1. The molecule has 1 aliphatic heterocycles. The summed E-state index contributed by atoms with van der Waals surface area (Å²) >= 11 is 1.51. The highest BCUT2D eigenvalue weighted by Crippen LogP contribution is 2.24. The summed E-state index contributed by atoms with van der Waals surface area (Å²) in [5.41, 5.74) is 1.65. The van der Waals surface area contributed by atoms with Crippen molar-refractivity contribution in [2.75, 3.05) is 30.8 Å². The van der Waals surface area contributed by atoms with Crippen LogP contribution in [-0.2, 0) is 20.6 Å². The molecular weight excluding hydrogens is 420 g/mol. The maximum absolute atomic E-state index is 12.7. The van der Waals surface area contributed by atoms with Crippen molar-refractivity contribution < 1.29 is 17.9 Å². The smallest absolute Gasteiger partial charge is 0.243 e. The standard InChI is InChI=1S/C22H28N2O4S2/c1-2-28-21-9-5-4-8-18(21)16-29-17-22(25)23-19-10-12-20(13-11-19)30(26,27)24-14-6-3-7-15-24/h4-5,8-13H,2-3,6-7,14-17H2,1H3,(H,23,25).